The summed E-state index contributed by atoms with van der Waals surface area (Å²) in [6.07, 6.45) is 4.70. The number of hydrogen-bond acceptors (Lipinski definition) is 4. The van der Waals surface area contributed by atoms with E-state index in [1.54, 1.807) is 0 Å². The van der Waals surface area contributed by atoms with Crippen LogP contribution in [-0.4, -0.2) is 27.4 Å². The molecule has 0 unspecified atom stereocenters. The molecule has 0 radical (unpaired) electrons. The fourth-order valence-corrected chi connectivity index (χ4v) is 2.33. The molecule has 0 fully saturated rings. The van der Waals surface area contributed by atoms with Crippen molar-refractivity contribution in [2.75, 3.05) is 6.61 Å². The topological polar surface area (TPSA) is 71.7 Å². The van der Waals surface area contributed by atoms with Gasteiger partial charge >= 0.3 is 5.97 Å². The van der Waals surface area contributed by atoms with Crippen LogP contribution in [0, 0.1) is 0 Å². The highest BCUT2D eigenvalue weighted by molar-refractivity contribution is 5.81. The van der Waals surface area contributed by atoms with Crippen molar-refractivity contribution in [2.45, 2.75) is 32.2 Å². The fraction of sp³-hybridized carbons (Fsp3) is 0.462. The summed E-state index contributed by atoms with van der Waals surface area (Å²) >= 11 is 0. The van der Waals surface area contributed by atoms with Crippen LogP contribution in [0.2, 0.25) is 0 Å². The molecule has 1 heterocycles. The van der Waals surface area contributed by atoms with E-state index < -0.39 is 5.97 Å². The lowest BCUT2D eigenvalue weighted by Crippen LogP contribution is -2.08. The van der Waals surface area contributed by atoms with Crippen LogP contribution >= 0.6 is 0 Å². The smallest absolute Gasteiger partial charge is 0.330 e. The Balaban J connectivity index is 2.11. The molecule has 1 aliphatic carbocycles. The van der Waals surface area contributed by atoms with Gasteiger partial charge in [0.2, 0.25) is 0 Å². The summed E-state index contributed by atoms with van der Waals surface area (Å²) in [6.45, 7) is 3.63. The zero-order chi connectivity index (χ0) is 13.1. The van der Waals surface area contributed by atoms with Gasteiger partial charge in [-0.1, -0.05) is 6.58 Å². The lowest BCUT2D eigenvalue weighted by molar-refractivity contribution is -0.138. The third-order valence-corrected chi connectivity index (χ3v) is 3.24. The summed E-state index contributed by atoms with van der Waals surface area (Å²) in [6, 6.07) is 0. The normalized spacial score (nSPS) is 14.0. The van der Waals surface area contributed by atoms with Crippen LogP contribution in [0.4, 0.5) is 0 Å². The van der Waals surface area contributed by atoms with Gasteiger partial charge in [0.1, 0.15) is 6.61 Å². The number of hydrogen-bond donors (Lipinski definition) is 2. The number of carbonyl (C=O) groups excluding carboxylic acids is 1. The van der Waals surface area contributed by atoms with Crippen LogP contribution in [0.5, 0.6) is 11.8 Å². The first-order valence-electron chi connectivity index (χ1n) is 6.06. The SMILES string of the molecule is C=CC(=O)OCCn1c(O)c2c(c1O)CCCC2. The molecule has 1 aromatic rings. The molecule has 1 aromatic heterocycles. The molecule has 0 atom stereocenters. The molecule has 2 N–H and O–H groups in total. The zero-order valence-electron chi connectivity index (χ0n) is 10.2. The second-order valence-electron chi connectivity index (χ2n) is 4.33. The van der Waals surface area contributed by atoms with Gasteiger partial charge in [-0.15, -0.1) is 0 Å². The van der Waals surface area contributed by atoms with Gasteiger partial charge in [-0.05, 0) is 25.7 Å². The molecule has 0 saturated carbocycles. The minimum Gasteiger partial charge on any atom is -0.494 e. The first kappa shape index (κ1) is 12.5. The van der Waals surface area contributed by atoms with Crippen molar-refractivity contribution >= 4 is 5.97 Å². The van der Waals surface area contributed by atoms with Gasteiger partial charge in [-0.2, -0.15) is 0 Å². The summed E-state index contributed by atoms with van der Waals surface area (Å²) < 4.78 is 6.23. The molecule has 2 rings (SSSR count). The van der Waals surface area contributed by atoms with E-state index in [0.29, 0.717) is 0 Å². The molecule has 18 heavy (non-hydrogen) atoms. The summed E-state index contributed by atoms with van der Waals surface area (Å²) in [4.78, 5) is 10.9. The van der Waals surface area contributed by atoms with Crippen LogP contribution in [0.25, 0.3) is 0 Å². The molecule has 0 bridgehead atoms. The van der Waals surface area contributed by atoms with Crippen LogP contribution in [-0.2, 0) is 28.9 Å². The Labute approximate surface area is 105 Å². The third-order valence-electron chi connectivity index (χ3n) is 3.24. The van der Waals surface area contributed by atoms with E-state index in [0.717, 1.165) is 42.9 Å². The van der Waals surface area contributed by atoms with Crippen molar-refractivity contribution < 1.29 is 19.7 Å². The lowest BCUT2D eigenvalue weighted by Gasteiger charge is -2.09. The molecule has 0 saturated heterocycles. The monoisotopic (exact) mass is 251 g/mol. The van der Waals surface area contributed by atoms with Crippen molar-refractivity contribution in [1.29, 1.82) is 0 Å². The van der Waals surface area contributed by atoms with E-state index in [2.05, 4.69) is 6.58 Å². The van der Waals surface area contributed by atoms with Gasteiger partial charge in [0.25, 0.3) is 0 Å². The Morgan fingerprint density at radius 1 is 1.28 bits per heavy atom. The molecule has 1 aliphatic rings. The lowest BCUT2D eigenvalue weighted by atomic mass is 9.95. The van der Waals surface area contributed by atoms with Crippen molar-refractivity contribution in [1.82, 2.24) is 4.57 Å². The molecule has 0 spiro atoms. The van der Waals surface area contributed by atoms with Crippen molar-refractivity contribution in [2.24, 2.45) is 0 Å². The Bertz CT molecular complexity index is 446. The predicted octanol–water partition coefficient (Wildman–Crippen LogP) is 1.51. The van der Waals surface area contributed by atoms with Gasteiger partial charge in [-0.25, -0.2) is 4.79 Å². The van der Waals surface area contributed by atoms with Gasteiger partial charge in [0.15, 0.2) is 11.8 Å². The van der Waals surface area contributed by atoms with E-state index >= 15 is 0 Å². The first-order chi connectivity index (χ1) is 8.65. The van der Waals surface area contributed by atoms with E-state index in [4.69, 9.17) is 4.74 Å². The maximum Gasteiger partial charge on any atom is 0.330 e. The molecule has 0 aromatic carbocycles. The van der Waals surface area contributed by atoms with Crippen LogP contribution < -0.4 is 0 Å². The second kappa shape index (κ2) is 5.16. The van der Waals surface area contributed by atoms with E-state index in [-0.39, 0.29) is 24.9 Å². The molecular weight excluding hydrogens is 234 g/mol. The standard InChI is InChI=1S/C13H17NO4/c1-2-11(15)18-8-7-14-12(16)9-5-3-4-6-10(9)13(14)17/h2,16-17H,1,3-8H2. The number of aromatic hydroxyl groups is 2. The fourth-order valence-electron chi connectivity index (χ4n) is 2.33. The highest BCUT2D eigenvalue weighted by atomic mass is 16.5. The van der Waals surface area contributed by atoms with Crippen molar-refractivity contribution in [3.63, 3.8) is 0 Å². The number of ether oxygens (including phenoxy) is 1. The van der Waals surface area contributed by atoms with Crippen LogP contribution in [0.15, 0.2) is 12.7 Å². The predicted molar refractivity (Wildman–Crippen MR) is 65.6 cm³/mol. The number of carbonyl (C=O) groups is 1. The third kappa shape index (κ3) is 2.20. The summed E-state index contributed by atoms with van der Waals surface area (Å²) in [5.41, 5.74) is 1.66. The maximum absolute atomic E-state index is 10.9. The van der Waals surface area contributed by atoms with Crippen LogP contribution in [0.1, 0.15) is 24.0 Å². The number of nitrogens with zero attached hydrogens (tertiary/aromatic N) is 1. The average molecular weight is 251 g/mol. The Hall–Kier alpha value is -1.91. The van der Waals surface area contributed by atoms with Gasteiger partial charge in [0.05, 0.1) is 6.54 Å². The van der Waals surface area contributed by atoms with E-state index in [1.807, 2.05) is 0 Å². The molecule has 0 aliphatic heterocycles. The largest absolute Gasteiger partial charge is 0.494 e. The number of rotatable bonds is 4. The Morgan fingerprint density at radius 2 is 1.83 bits per heavy atom. The minimum atomic E-state index is -0.508. The summed E-state index contributed by atoms with van der Waals surface area (Å²) in [7, 11) is 0. The van der Waals surface area contributed by atoms with Crippen molar-refractivity contribution in [3.05, 3.63) is 23.8 Å². The quantitative estimate of drug-likeness (QED) is 0.628. The minimum absolute atomic E-state index is 0.0943. The molecule has 5 nitrogen and oxygen atoms in total. The van der Waals surface area contributed by atoms with Crippen LogP contribution in [0.3, 0.4) is 0 Å². The second-order valence-corrected chi connectivity index (χ2v) is 4.33. The molecule has 5 heteroatoms. The van der Waals surface area contributed by atoms with Crippen molar-refractivity contribution in [3.8, 4) is 11.8 Å². The van der Waals surface area contributed by atoms with E-state index in [1.165, 1.54) is 4.57 Å². The summed E-state index contributed by atoms with van der Waals surface area (Å²) in [5.74, 6) is -0.320. The average Bonchev–Trinajstić information content (AvgIpc) is 2.64. The van der Waals surface area contributed by atoms with Gasteiger partial charge < -0.3 is 14.9 Å². The zero-order valence-corrected chi connectivity index (χ0v) is 10.2. The molecule has 0 amide bonds. The number of esters is 1. The first-order valence-corrected chi connectivity index (χ1v) is 6.06. The molecular formula is C13H17NO4. The summed E-state index contributed by atoms with van der Waals surface area (Å²) in [5, 5.41) is 20.0. The van der Waals surface area contributed by atoms with Gasteiger partial charge in [0, 0.05) is 17.2 Å². The molecule has 98 valence electrons. The Morgan fingerprint density at radius 3 is 2.33 bits per heavy atom. The number of fused-ring (bicyclic) bond motifs is 1. The van der Waals surface area contributed by atoms with E-state index in [9.17, 15) is 15.0 Å². The van der Waals surface area contributed by atoms with Gasteiger partial charge in [-0.3, -0.25) is 4.57 Å². The maximum atomic E-state index is 10.9. The highest BCUT2D eigenvalue weighted by Crippen LogP contribution is 2.38. The highest BCUT2D eigenvalue weighted by Gasteiger charge is 2.24. The Kier molecular flexibility index (Phi) is 3.60. The number of aromatic nitrogens is 1.